The number of hydrogen-bond acceptors (Lipinski definition) is 10. The number of methoxy groups -OCH3 is 1. The fraction of sp³-hybridized carbons (Fsp3) is 0.500. The number of aryl methyl sites for hydroxylation is 1. The lowest BCUT2D eigenvalue weighted by molar-refractivity contribution is -0.140. The minimum Gasteiger partial charge on any atom is -0.490 e. The molecule has 0 amide bonds. The smallest absolute Gasteiger partial charge is 0.490 e. The molecule has 1 aliphatic rings. The number of rotatable bonds is 13. The molecule has 14 heteroatoms. The molecular weight excluding hydrogens is 524 g/mol. The minimum atomic E-state index is -4.10. The van der Waals surface area contributed by atoms with E-state index in [-0.39, 0.29) is 24.2 Å². The number of pyridine rings is 1. The molecule has 3 N–H and O–H groups in total. The van der Waals surface area contributed by atoms with Crippen molar-refractivity contribution in [3.05, 3.63) is 41.8 Å². The molecule has 1 unspecified atom stereocenters. The summed E-state index contributed by atoms with van der Waals surface area (Å²) < 4.78 is 47.9. The van der Waals surface area contributed by atoms with Crippen LogP contribution in [0.1, 0.15) is 38.7 Å². The standard InChI is InChI=1S/C24H33FN3O9P/c1-16(2)37-38(31,32)34-14-4-5-17-6-7-20(19(25)15-17)27-23-22(33-3)21(8-11-26-23)35-18-9-12-28(13-10-18)36-24(29)30/h6-8,11,15-16,18H,4-5,9-10,12-14H2,1-3H3,(H,26,27)(H,29,30)(H,31,32). The molecule has 1 fully saturated rings. The summed E-state index contributed by atoms with van der Waals surface area (Å²) >= 11 is 0. The summed E-state index contributed by atoms with van der Waals surface area (Å²) in [6.07, 6.45) is 1.44. The number of hydroxylamine groups is 2. The SMILES string of the molecule is COc1c(OC2CCN(OC(=O)O)CC2)ccnc1Nc1ccc(CCCOP(=O)(O)OC(C)C)cc1F. The number of nitrogens with zero attached hydrogens (tertiary/aromatic N) is 2. The van der Waals surface area contributed by atoms with E-state index in [1.54, 1.807) is 32.0 Å². The topological polar surface area (TPSA) is 149 Å². The molecule has 1 aromatic heterocycles. The van der Waals surface area contributed by atoms with Gasteiger partial charge in [0, 0.05) is 38.2 Å². The first-order chi connectivity index (χ1) is 18.1. The van der Waals surface area contributed by atoms with E-state index in [1.165, 1.54) is 24.4 Å². The second kappa shape index (κ2) is 13.7. The quantitative estimate of drug-likeness (QED) is 0.227. The van der Waals surface area contributed by atoms with E-state index in [9.17, 15) is 18.6 Å². The highest BCUT2D eigenvalue weighted by atomic mass is 31.2. The van der Waals surface area contributed by atoms with Gasteiger partial charge in [0.25, 0.3) is 0 Å². The lowest BCUT2D eigenvalue weighted by atomic mass is 10.1. The number of benzene rings is 1. The highest BCUT2D eigenvalue weighted by Crippen LogP contribution is 2.44. The predicted molar refractivity (Wildman–Crippen MR) is 135 cm³/mol. The van der Waals surface area contributed by atoms with Crippen LogP contribution in [0.3, 0.4) is 0 Å². The Kier molecular flexibility index (Phi) is 10.7. The summed E-state index contributed by atoms with van der Waals surface area (Å²) in [5.74, 6) is 0.470. The van der Waals surface area contributed by atoms with E-state index < -0.39 is 25.9 Å². The molecule has 0 spiro atoms. The van der Waals surface area contributed by atoms with Crippen molar-refractivity contribution in [1.29, 1.82) is 0 Å². The van der Waals surface area contributed by atoms with Crippen molar-refractivity contribution in [2.75, 3.05) is 32.1 Å². The van der Waals surface area contributed by atoms with Crippen LogP contribution in [0.4, 0.5) is 20.7 Å². The van der Waals surface area contributed by atoms with E-state index >= 15 is 0 Å². The lowest BCUT2D eigenvalue weighted by Crippen LogP contribution is -2.39. The van der Waals surface area contributed by atoms with Crippen molar-refractivity contribution >= 4 is 25.5 Å². The second-order valence-electron chi connectivity index (χ2n) is 8.79. The number of carbonyl (C=O) groups is 1. The third-order valence-corrected chi connectivity index (χ3v) is 6.67. The van der Waals surface area contributed by atoms with Gasteiger partial charge in [-0.15, -0.1) is 5.06 Å². The Bertz CT molecular complexity index is 1130. The van der Waals surface area contributed by atoms with Crippen molar-refractivity contribution in [2.24, 2.45) is 0 Å². The summed E-state index contributed by atoms with van der Waals surface area (Å²) in [6, 6.07) is 6.31. The summed E-state index contributed by atoms with van der Waals surface area (Å²) in [5.41, 5.74) is 0.863. The molecule has 38 heavy (non-hydrogen) atoms. The van der Waals surface area contributed by atoms with Crippen LogP contribution >= 0.6 is 7.82 Å². The molecule has 3 rings (SSSR count). The van der Waals surface area contributed by atoms with Gasteiger partial charge in [0.1, 0.15) is 11.9 Å². The average Bonchev–Trinajstić information content (AvgIpc) is 2.84. The van der Waals surface area contributed by atoms with Gasteiger partial charge < -0.3 is 29.6 Å². The number of nitrogens with one attached hydrogen (secondary N) is 1. The maximum absolute atomic E-state index is 14.9. The van der Waals surface area contributed by atoms with Crippen LogP contribution in [0.2, 0.25) is 0 Å². The summed E-state index contributed by atoms with van der Waals surface area (Å²) in [5, 5.41) is 13.0. The normalized spacial score (nSPS) is 16.2. The Morgan fingerprint density at radius 3 is 2.66 bits per heavy atom. The zero-order chi connectivity index (χ0) is 27.7. The average molecular weight is 558 g/mol. The van der Waals surface area contributed by atoms with Crippen LogP contribution in [-0.2, 0) is 24.9 Å². The zero-order valence-electron chi connectivity index (χ0n) is 21.5. The van der Waals surface area contributed by atoms with Crippen molar-refractivity contribution in [3.8, 4) is 11.5 Å². The molecule has 0 bridgehead atoms. The van der Waals surface area contributed by atoms with E-state index in [1.807, 2.05) is 0 Å². The minimum absolute atomic E-state index is 0.0123. The summed E-state index contributed by atoms with van der Waals surface area (Å²) in [6.45, 7) is 4.03. The summed E-state index contributed by atoms with van der Waals surface area (Å²) in [7, 11) is -2.64. The highest BCUT2D eigenvalue weighted by Gasteiger charge is 2.25. The van der Waals surface area contributed by atoms with Crippen molar-refractivity contribution < 1.29 is 47.1 Å². The first kappa shape index (κ1) is 29.6. The first-order valence-electron chi connectivity index (χ1n) is 12.1. The fourth-order valence-corrected chi connectivity index (χ4v) is 4.79. The van der Waals surface area contributed by atoms with Crippen LogP contribution in [0.25, 0.3) is 0 Å². The second-order valence-corrected chi connectivity index (χ2v) is 10.2. The molecular formula is C24H33FN3O9P. The maximum Gasteiger partial charge on any atom is 0.525 e. The van der Waals surface area contributed by atoms with E-state index in [0.29, 0.717) is 55.8 Å². The molecule has 1 aromatic carbocycles. The zero-order valence-corrected chi connectivity index (χ0v) is 22.4. The Hall–Kier alpha value is -2.96. The van der Waals surface area contributed by atoms with Crippen LogP contribution in [0.5, 0.6) is 11.5 Å². The van der Waals surface area contributed by atoms with Gasteiger partial charge in [0.05, 0.1) is 25.5 Å². The van der Waals surface area contributed by atoms with Crippen LogP contribution < -0.4 is 14.8 Å². The monoisotopic (exact) mass is 557 g/mol. The number of phosphoric ester groups is 1. The van der Waals surface area contributed by atoms with Crippen LogP contribution in [0, 0.1) is 5.82 Å². The number of hydrogen-bond donors (Lipinski definition) is 3. The number of piperidine rings is 1. The third kappa shape index (κ3) is 9.10. The van der Waals surface area contributed by atoms with Crippen LogP contribution in [-0.4, -0.2) is 65.2 Å². The molecule has 0 aliphatic carbocycles. The highest BCUT2D eigenvalue weighted by molar-refractivity contribution is 7.47. The maximum atomic E-state index is 14.9. The number of ether oxygens (including phenoxy) is 2. The lowest BCUT2D eigenvalue weighted by Gasteiger charge is -2.30. The van der Waals surface area contributed by atoms with Gasteiger partial charge in [0.15, 0.2) is 11.6 Å². The van der Waals surface area contributed by atoms with Gasteiger partial charge >= 0.3 is 14.0 Å². The molecule has 2 heterocycles. The van der Waals surface area contributed by atoms with E-state index in [4.69, 9.17) is 23.6 Å². The predicted octanol–water partition coefficient (Wildman–Crippen LogP) is 4.90. The Morgan fingerprint density at radius 1 is 1.29 bits per heavy atom. The van der Waals surface area contributed by atoms with Gasteiger partial charge in [-0.25, -0.2) is 18.7 Å². The van der Waals surface area contributed by atoms with Crippen molar-refractivity contribution in [1.82, 2.24) is 10.0 Å². The first-order valence-corrected chi connectivity index (χ1v) is 13.6. The number of halogens is 1. The molecule has 12 nitrogen and oxygen atoms in total. The van der Waals surface area contributed by atoms with Crippen molar-refractivity contribution in [3.63, 3.8) is 0 Å². The number of phosphoric acid groups is 1. The molecule has 0 radical (unpaired) electrons. The third-order valence-electron chi connectivity index (χ3n) is 5.47. The van der Waals surface area contributed by atoms with Gasteiger partial charge in [-0.3, -0.25) is 9.05 Å². The molecule has 2 aromatic rings. The Balaban J connectivity index is 1.58. The van der Waals surface area contributed by atoms with Gasteiger partial charge in [-0.1, -0.05) is 6.07 Å². The number of aromatic nitrogens is 1. The van der Waals surface area contributed by atoms with E-state index in [2.05, 4.69) is 15.1 Å². The molecule has 210 valence electrons. The van der Waals surface area contributed by atoms with E-state index in [0.717, 1.165) is 0 Å². The van der Waals surface area contributed by atoms with Gasteiger partial charge in [0.2, 0.25) is 5.75 Å². The molecule has 0 saturated carbocycles. The Labute approximate surface area is 220 Å². The molecule has 1 atom stereocenters. The number of carboxylic acid groups (broad SMARTS) is 1. The van der Waals surface area contributed by atoms with Gasteiger partial charge in [-0.05, 0) is 44.4 Å². The number of anilines is 2. The fourth-order valence-electron chi connectivity index (χ4n) is 3.84. The summed E-state index contributed by atoms with van der Waals surface area (Å²) in [4.78, 5) is 29.2. The largest absolute Gasteiger partial charge is 0.525 e. The van der Waals surface area contributed by atoms with Crippen molar-refractivity contribution in [2.45, 2.75) is 51.7 Å². The molecule has 1 saturated heterocycles. The van der Waals surface area contributed by atoms with Gasteiger partial charge in [-0.2, -0.15) is 0 Å². The Morgan fingerprint density at radius 2 is 2.03 bits per heavy atom. The van der Waals surface area contributed by atoms with Crippen LogP contribution in [0.15, 0.2) is 30.5 Å². The molecule has 1 aliphatic heterocycles.